The highest BCUT2D eigenvalue weighted by atomic mass is 16.5. The van der Waals surface area contributed by atoms with Crippen molar-refractivity contribution in [3.8, 4) is 0 Å². The van der Waals surface area contributed by atoms with E-state index in [1.54, 1.807) is 36.4 Å². The number of rotatable bonds is 6. The van der Waals surface area contributed by atoms with Crippen LogP contribution in [0, 0.1) is 0 Å². The van der Waals surface area contributed by atoms with Crippen molar-refractivity contribution in [3.63, 3.8) is 0 Å². The third-order valence-electron chi connectivity index (χ3n) is 2.89. The van der Waals surface area contributed by atoms with Gasteiger partial charge in [-0.15, -0.1) is 0 Å². The van der Waals surface area contributed by atoms with Crippen molar-refractivity contribution in [3.05, 3.63) is 53.9 Å². The third kappa shape index (κ3) is 4.34. The molecule has 0 aliphatic heterocycles. The monoisotopic (exact) mass is 289 g/mol. The van der Waals surface area contributed by atoms with Crippen molar-refractivity contribution >= 4 is 12.0 Å². The zero-order valence-electron chi connectivity index (χ0n) is 11.2. The van der Waals surface area contributed by atoms with Crippen LogP contribution in [0.1, 0.15) is 17.2 Å². The lowest BCUT2D eigenvalue weighted by molar-refractivity contribution is -0.138. The van der Waals surface area contributed by atoms with E-state index in [4.69, 9.17) is 0 Å². The summed E-state index contributed by atoms with van der Waals surface area (Å²) in [4.78, 5) is 22.9. The largest absolute Gasteiger partial charge is 0.481 e. The Bertz CT molecular complexity index is 584. The van der Waals surface area contributed by atoms with Gasteiger partial charge in [0.25, 0.3) is 0 Å². The van der Waals surface area contributed by atoms with Crippen LogP contribution in [-0.2, 0) is 11.3 Å². The molecule has 0 saturated carbocycles. The normalized spacial score (nSPS) is 11.6. The Kier molecular flexibility index (Phi) is 4.92. The van der Waals surface area contributed by atoms with E-state index in [1.165, 1.54) is 6.26 Å². The highest BCUT2D eigenvalue weighted by Crippen LogP contribution is 2.14. The average Bonchev–Trinajstić information content (AvgIpc) is 2.99. The standard InChI is InChI=1S/C14H15N3O4/c18-13(19)12(10-4-2-1-3-5-10)9-16-14(20)15-8-11-6-7-21-17-11/h1-7,12H,8-9H2,(H,18,19)(H2,15,16,20). The van der Waals surface area contributed by atoms with Crippen molar-refractivity contribution in [2.45, 2.75) is 12.5 Å². The van der Waals surface area contributed by atoms with Gasteiger partial charge >= 0.3 is 12.0 Å². The van der Waals surface area contributed by atoms with Crippen LogP contribution in [0.3, 0.4) is 0 Å². The number of nitrogens with one attached hydrogen (secondary N) is 2. The lowest BCUT2D eigenvalue weighted by Crippen LogP contribution is -2.38. The van der Waals surface area contributed by atoms with Gasteiger partial charge < -0.3 is 20.3 Å². The number of carbonyl (C=O) groups is 2. The molecule has 0 fully saturated rings. The number of amides is 2. The van der Waals surface area contributed by atoms with Crippen molar-refractivity contribution in [1.29, 1.82) is 0 Å². The second-order valence-corrected chi connectivity index (χ2v) is 4.36. The van der Waals surface area contributed by atoms with Crippen LogP contribution in [0.2, 0.25) is 0 Å². The van der Waals surface area contributed by atoms with E-state index < -0.39 is 17.9 Å². The van der Waals surface area contributed by atoms with E-state index in [0.717, 1.165) is 0 Å². The first-order chi connectivity index (χ1) is 10.2. The molecule has 1 heterocycles. The van der Waals surface area contributed by atoms with E-state index in [9.17, 15) is 14.7 Å². The van der Waals surface area contributed by atoms with Gasteiger partial charge in [0, 0.05) is 12.6 Å². The highest BCUT2D eigenvalue weighted by molar-refractivity contribution is 5.79. The van der Waals surface area contributed by atoms with Crippen LogP contribution in [0.15, 0.2) is 47.2 Å². The first kappa shape index (κ1) is 14.6. The Morgan fingerprint density at radius 1 is 1.19 bits per heavy atom. The molecule has 110 valence electrons. The maximum atomic E-state index is 11.6. The molecule has 1 aromatic heterocycles. The Morgan fingerprint density at radius 3 is 2.57 bits per heavy atom. The first-order valence-corrected chi connectivity index (χ1v) is 6.35. The van der Waals surface area contributed by atoms with Crippen molar-refractivity contribution in [2.24, 2.45) is 0 Å². The number of carbonyl (C=O) groups excluding carboxylic acids is 1. The van der Waals surface area contributed by atoms with E-state index in [2.05, 4.69) is 20.3 Å². The second-order valence-electron chi connectivity index (χ2n) is 4.36. The molecule has 0 radical (unpaired) electrons. The van der Waals surface area contributed by atoms with Gasteiger partial charge in [-0.05, 0) is 5.56 Å². The summed E-state index contributed by atoms with van der Waals surface area (Å²) in [5.41, 5.74) is 1.23. The molecule has 1 atom stereocenters. The number of nitrogens with zero attached hydrogens (tertiary/aromatic N) is 1. The number of benzene rings is 1. The van der Waals surface area contributed by atoms with Gasteiger partial charge in [0.05, 0.1) is 12.5 Å². The second kappa shape index (κ2) is 7.09. The maximum Gasteiger partial charge on any atom is 0.315 e. The summed E-state index contributed by atoms with van der Waals surface area (Å²) in [6, 6.07) is 9.93. The Labute approximate surface area is 120 Å². The molecular weight excluding hydrogens is 274 g/mol. The summed E-state index contributed by atoms with van der Waals surface area (Å²) >= 11 is 0. The summed E-state index contributed by atoms with van der Waals surface area (Å²) in [6.07, 6.45) is 1.41. The molecule has 0 spiro atoms. The summed E-state index contributed by atoms with van der Waals surface area (Å²) in [5, 5.41) is 18.0. The number of carboxylic acid groups (broad SMARTS) is 1. The van der Waals surface area contributed by atoms with Gasteiger partial charge in [0.1, 0.15) is 12.0 Å². The first-order valence-electron chi connectivity index (χ1n) is 6.35. The number of aromatic nitrogens is 1. The van der Waals surface area contributed by atoms with Crippen LogP contribution in [-0.4, -0.2) is 28.8 Å². The molecule has 3 N–H and O–H groups in total. The molecule has 1 aromatic carbocycles. The molecule has 7 nitrogen and oxygen atoms in total. The van der Waals surface area contributed by atoms with Crippen LogP contribution >= 0.6 is 0 Å². The number of aliphatic carboxylic acids is 1. The predicted octanol–water partition coefficient (Wildman–Crippen LogP) is 1.34. The van der Waals surface area contributed by atoms with Crippen LogP contribution in [0.4, 0.5) is 4.79 Å². The van der Waals surface area contributed by atoms with Gasteiger partial charge in [-0.1, -0.05) is 35.5 Å². The number of carboxylic acids is 1. The van der Waals surface area contributed by atoms with Gasteiger partial charge in [-0.3, -0.25) is 4.79 Å². The van der Waals surface area contributed by atoms with Gasteiger partial charge in [-0.2, -0.15) is 0 Å². The lowest BCUT2D eigenvalue weighted by atomic mass is 9.99. The predicted molar refractivity (Wildman–Crippen MR) is 73.6 cm³/mol. The Balaban J connectivity index is 1.84. The summed E-state index contributed by atoms with van der Waals surface area (Å²) in [7, 11) is 0. The Hall–Kier alpha value is -2.83. The fourth-order valence-corrected chi connectivity index (χ4v) is 1.79. The molecule has 1 unspecified atom stereocenters. The third-order valence-corrected chi connectivity index (χ3v) is 2.89. The molecule has 0 saturated heterocycles. The molecule has 0 aliphatic rings. The van der Waals surface area contributed by atoms with E-state index >= 15 is 0 Å². The van der Waals surface area contributed by atoms with E-state index in [-0.39, 0.29) is 13.1 Å². The van der Waals surface area contributed by atoms with Gasteiger partial charge in [0.2, 0.25) is 0 Å². The maximum absolute atomic E-state index is 11.6. The van der Waals surface area contributed by atoms with Crippen molar-refractivity contribution in [1.82, 2.24) is 15.8 Å². The zero-order chi connectivity index (χ0) is 15.1. The SMILES string of the molecule is O=C(NCc1ccon1)NCC(C(=O)O)c1ccccc1. The van der Waals surface area contributed by atoms with Crippen molar-refractivity contribution < 1.29 is 19.2 Å². The number of urea groups is 1. The molecule has 21 heavy (non-hydrogen) atoms. The molecule has 0 aliphatic carbocycles. The molecule has 7 heteroatoms. The summed E-state index contributed by atoms with van der Waals surface area (Å²) < 4.78 is 4.63. The minimum atomic E-state index is -0.988. The van der Waals surface area contributed by atoms with Crippen LogP contribution in [0.5, 0.6) is 0 Å². The smallest absolute Gasteiger partial charge is 0.315 e. The number of hydrogen-bond donors (Lipinski definition) is 3. The average molecular weight is 289 g/mol. The molecule has 2 amide bonds. The molecule has 2 rings (SSSR count). The molecule has 0 bridgehead atoms. The fourth-order valence-electron chi connectivity index (χ4n) is 1.79. The summed E-state index contributed by atoms with van der Waals surface area (Å²) in [5.74, 6) is -1.78. The lowest BCUT2D eigenvalue weighted by Gasteiger charge is -2.14. The van der Waals surface area contributed by atoms with Crippen molar-refractivity contribution in [2.75, 3.05) is 6.54 Å². The highest BCUT2D eigenvalue weighted by Gasteiger charge is 2.20. The molecular formula is C14H15N3O4. The van der Waals surface area contributed by atoms with Gasteiger partial charge in [-0.25, -0.2) is 4.79 Å². The van der Waals surface area contributed by atoms with E-state index in [1.807, 2.05) is 0 Å². The van der Waals surface area contributed by atoms with Crippen LogP contribution in [0.25, 0.3) is 0 Å². The quantitative estimate of drug-likeness (QED) is 0.744. The minimum absolute atomic E-state index is 0.00396. The van der Waals surface area contributed by atoms with Crippen LogP contribution < -0.4 is 10.6 Å². The number of hydrogen-bond acceptors (Lipinski definition) is 4. The fraction of sp³-hybridized carbons (Fsp3) is 0.214. The Morgan fingerprint density at radius 2 is 1.95 bits per heavy atom. The van der Waals surface area contributed by atoms with Gasteiger partial charge in [0.15, 0.2) is 0 Å². The minimum Gasteiger partial charge on any atom is -0.481 e. The molecule has 2 aromatic rings. The zero-order valence-corrected chi connectivity index (χ0v) is 11.2. The van der Waals surface area contributed by atoms with E-state index in [0.29, 0.717) is 11.3 Å². The topological polar surface area (TPSA) is 104 Å². The summed E-state index contributed by atoms with van der Waals surface area (Å²) in [6.45, 7) is 0.218.